The molecule has 0 saturated heterocycles. The summed E-state index contributed by atoms with van der Waals surface area (Å²) in [5, 5.41) is 10.5. The minimum Gasteiger partial charge on any atom is -0.390 e. The van der Waals surface area contributed by atoms with Crippen LogP contribution in [0.3, 0.4) is 0 Å². The molecule has 1 saturated carbocycles. The van der Waals surface area contributed by atoms with E-state index < -0.39 is 14.2 Å². The number of hydrogen-bond donors (Lipinski definition) is 1. The second kappa shape index (κ2) is 8.20. The Balaban J connectivity index is 2.62. The molecule has 0 aromatic carbocycles. The molecule has 0 aromatic rings. The zero-order chi connectivity index (χ0) is 14.3. The highest BCUT2D eigenvalue weighted by Crippen LogP contribution is 2.29. The Morgan fingerprint density at radius 2 is 1.84 bits per heavy atom. The maximum Gasteiger partial charge on any atom is 0.147 e. The van der Waals surface area contributed by atoms with E-state index in [1.807, 2.05) is 0 Å². The summed E-state index contributed by atoms with van der Waals surface area (Å²) in [6, 6.07) is 0. The minimum atomic E-state index is -1.27. The Morgan fingerprint density at radius 3 is 2.37 bits per heavy atom. The summed E-state index contributed by atoms with van der Waals surface area (Å²) in [4.78, 5) is 0. The lowest BCUT2D eigenvalue weighted by atomic mass is 9.83. The predicted molar refractivity (Wildman–Crippen MR) is 81.8 cm³/mol. The fraction of sp³-hybridized carbons (Fsp3) is 0.867. The van der Waals surface area contributed by atoms with E-state index in [4.69, 9.17) is 9.47 Å². The van der Waals surface area contributed by atoms with Gasteiger partial charge in [0.2, 0.25) is 0 Å². The molecule has 0 heterocycles. The summed E-state index contributed by atoms with van der Waals surface area (Å²) < 4.78 is 10.7. The van der Waals surface area contributed by atoms with E-state index in [1.165, 1.54) is 19.3 Å². The van der Waals surface area contributed by atoms with E-state index in [2.05, 4.69) is 31.4 Å². The molecular weight excluding hydrogens is 256 g/mol. The number of methoxy groups -OCH3 is 1. The third kappa shape index (κ3) is 6.70. The number of ether oxygens (including phenoxy) is 2. The van der Waals surface area contributed by atoms with Crippen molar-refractivity contribution in [3.63, 3.8) is 0 Å². The third-order valence-electron chi connectivity index (χ3n) is 3.63. The molecule has 1 aliphatic carbocycles. The van der Waals surface area contributed by atoms with Gasteiger partial charge in [0, 0.05) is 7.11 Å². The van der Waals surface area contributed by atoms with Gasteiger partial charge in [0.15, 0.2) is 0 Å². The van der Waals surface area contributed by atoms with Gasteiger partial charge in [-0.3, -0.25) is 0 Å². The Hall–Kier alpha value is -0.163. The zero-order valence-corrected chi connectivity index (χ0v) is 13.9. The van der Waals surface area contributed by atoms with Crippen LogP contribution in [0.25, 0.3) is 0 Å². The fourth-order valence-corrected chi connectivity index (χ4v) is 3.31. The monoisotopic (exact) mass is 286 g/mol. The summed E-state index contributed by atoms with van der Waals surface area (Å²) in [6.07, 6.45) is 7.44. The van der Waals surface area contributed by atoms with Crippen LogP contribution in [0.15, 0.2) is 11.8 Å². The summed E-state index contributed by atoms with van der Waals surface area (Å²) in [5.74, 6) is 0.377. The summed E-state index contributed by atoms with van der Waals surface area (Å²) in [5.41, 5.74) is 2.25. The minimum absolute atomic E-state index is 0.227. The van der Waals surface area contributed by atoms with E-state index in [1.54, 1.807) is 7.11 Å². The normalized spacial score (nSPS) is 21.7. The quantitative estimate of drug-likeness (QED) is 0.576. The van der Waals surface area contributed by atoms with E-state index >= 15 is 0 Å². The molecule has 0 spiro atoms. The van der Waals surface area contributed by atoms with Gasteiger partial charge in [-0.15, -0.1) is 0 Å². The van der Waals surface area contributed by atoms with Crippen LogP contribution in [-0.4, -0.2) is 39.3 Å². The highest BCUT2D eigenvalue weighted by molar-refractivity contribution is 6.80. The molecule has 1 rings (SSSR count). The molecule has 0 aromatic heterocycles. The highest BCUT2D eigenvalue weighted by atomic mass is 28.3. The molecule has 1 N–H and O–H groups in total. The van der Waals surface area contributed by atoms with Gasteiger partial charge in [0.1, 0.15) is 12.9 Å². The van der Waals surface area contributed by atoms with Crippen LogP contribution in [0.5, 0.6) is 0 Å². The lowest BCUT2D eigenvalue weighted by Gasteiger charge is -2.31. The molecule has 1 aliphatic rings. The molecule has 1 fully saturated rings. The van der Waals surface area contributed by atoms with Crippen LogP contribution in [0.1, 0.15) is 32.1 Å². The largest absolute Gasteiger partial charge is 0.390 e. The number of aliphatic hydroxyl groups excluding tert-OH is 1. The first-order chi connectivity index (χ1) is 8.94. The van der Waals surface area contributed by atoms with Gasteiger partial charge in [-0.1, -0.05) is 50.7 Å². The van der Waals surface area contributed by atoms with E-state index in [9.17, 15) is 5.11 Å². The van der Waals surface area contributed by atoms with Crippen LogP contribution in [0, 0.1) is 5.92 Å². The average molecular weight is 286 g/mol. The van der Waals surface area contributed by atoms with Crippen LogP contribution < -0.4 is 0 Å². The molecule has 112 valence electrons. The first-order valence-corrected chi connectivity index (χ1v) is 11.0. The zero-order valence-electron chi connectivity index (χ0n) is 12.9. The average Bonchev–Trinajstić information content (AvgIpc) is 2.38. The second-order valence-electron chi connectivity index (χ2n) is 6.65. The maximum absolute atomic E-state index is 10.5. The van der Waals surface area contributed by atoms with Gasteiger partial charge >= 0.3 is 0 Å². The van der Waals surface area contributed by atoms with Crippen molar-refractivity contribution in [2.75, 3.05) is 13.9 Å². The fourth-order valence-electron chi connectivity index (χ4n) is 2.54. The van der Waals surface area contributed by atoms with E-state index in [0.717, 1.165) is 12.8 Å². The van der Waals surface area contributed by atoms with Crippen molar-refractivity contribution in [2.24, 2.45) is 5.92 Å². The first kappa shape index (κ1) is 16.9. The van der Waals surface area contributed by atoms with Crippen molar-refractivity contribution in [3.8, 4) is 0 Å². The predicted octanol–water partition coefficient (Wildman–Crippen LogP) is 3.35. The van der Waals surface area contributed by atoms with Gasteiger partial charge in [-0.05, 0) is 18.8 Å². The molecule has 0 bridgehead atoms. The molecule has 3 nitrogen and oxygen atoms in total. The van der Waals surface area contributed by atoms with Crippen LogP contribution in [-0.2, 0) is 9.47 Å². The van der Waals surface area contributed by atoms with Crippen LogP contribution >= 0.6 is 0 Å². The number of hydrogen-bond acceptors (Lipinski definition) is 3. The molecule has 2 atom stereocenters. The molecular formula is C15H30O3Si. The SMILES string of the molecule is COCO[C@@H](/C=C\[Si](C)(C)C)[C@@H](O)C1CCCCC1. The molecule has 0 unspecified atom stereocenters. The van der Waals surface area contributed by atoms with Crippen molar-refractivity contribution >= 4 is 8.07 Å². The van der Waals surface area contributed by atoms with Gasteiger partial charge in [-0.2, -0.15) is 0 Å². The van der Waals surface area contributed by atoms with Gasteiger partial charge in [0.25, 0.3) is 0 Å². The van der Waals surface area contributed by atoms with E-state index in [-0.39, 0.29) is 12.9 Å². The molecule has 0 amide bonds. The number of aliphatic hydroxyl groups is 1. The first-order valence-electron chi connectivity index (χ1n) is 7.42. The lowest BCUT2D eigenvalue weighted by Crippen LogP contribution is -2.36. The van der Waals surface area contributed by atoms with Crippen molar-refractivity contribution in [1.82, 2.24) is 0 Å². The Labute approximate surface area is 119 Å². The smallest absolute Gasteiger partial charge is 0.147 e. The topological polar surface area (TPSA) is 38.7 Å². The third-order valence-corrected chi connectivity index (χ3v) is 4.83. The number of rotatable bonds is 7. The summed E-state index contributed by atoms with van der Waals surface area (Å²) in [6.45, 7) is 7.09. The van der Waals surface area contributed by atoms with Gasteiger partial charge in [-0.25, -0.2) is 0 Å². The van der Waals surface area contributed by atoms with Crippen molar-refractivity contribution < 1.29 is 14.6 Å². The standard InChI is InChI=1S/C15H30O3Si/c1-17-12-18-14(10-11-19(2,3)4)15(16)13-8-6-5-7-9-13/h10-11,13-16H,5-9,12H2,1-4H3/b11-10-/t14-,15-/m0/s1. The van der Waals surface area contributed by atoms with Gasteiger partial charge < -0.3 is 14.6 Å². The maximum atomic E-state index is 10.5. The summed E-state index contributed by atoms with van der Waals surface area (Å²) >= 11 is 0. The molecule has 0 radical (unpaired) electrons. The molecule has 0 aliphatic heterocycles. The Morgan fingerprint density at radius 1 is 1.21 bits per heavy atom. The lowest BCUT2D eigenvalue weighted by molar-refractivity contribution is -0.108. The summed E-state index contributed by atoms with van der Waals surface area (Å²) in [7, 11) is 0.350. The van der Waals surface area contributed by atoms with Crippen molar-refractivity contribution in [3.05, 3.63) is 11.8 Å². The Bertz CT molecular complexity index is 267. The second-order valence-corrected chi connectivity index (χ2v) is 11.7. The van der Waals surface area contributed by atoms with Crippen molar-refractivity contribution in [1.29, 1.82) is 0 Å². The molecule has 19 heavy (non-hydrogen) atoms. The van der Waals surface area contributed by atoms with Crippen molar-refractivity contribution in [2.45, 2.75) is 64.0 Å². The van der Waals surface area contributed by atoms with Crippen LogP contribution in [0.2, 0.25) is 19.6 Å². The van der Waals surface area contributed by atoms with E-state index in [0.29, 0.717) is 5.92 Å². The highest BCUT2D eigenvalue weighted by Gasteiger charge is 2.28. The molecule has 4 heteroatoms. The van der Waals surface area contributed by atoms with Crippen LogP contribution in [0.4, 0.5) is 0 Å². The Kier molecular flexibility index (Phi) is 7.29. The van der Waals surface area contributed by atoms with Gasteiger partial charge in [0.05, 0.1) is 14.2 Å².